The number of aromatic nitrogens is 5. The molecule has 102 valence electrons. The molecule has 0 bridgehead atoms. The number of aromatic amines is 2. The van der Waals surface area contributed by atoms with Gasteiger partial charge >= 0.3 is 0 Å². The van der Waals surface area contributed by atoms with Crippen molar-refractivity contribution in [1.29, 1.82) is 0 Å². The van der Waals surface area contributed by atoms with E-state index in [0.29, 0.717) is 16.0 Å². The molecule has 0 unspecified atom stereocenters. The van der Waals surface area contributed by atoms with Crippen molar-refractivity contribution in [3.63, 3.8) is 0 Å². The summed E-state index contributed by atoms with van der Waals surface area (Å²) in [6, 6.07) is 1.77. The van der Waals surface area contributed by atoms with E-state index in [9.17, 15) is 9.59 Å². The van der Waals surface area contributed by atoms with Crippen LogP contribution in [-0.2, 0) is 6.54 Å². The fourth-order valence-electron chi connectivity index (χ4n) is 1.78. The minimum atomic E-state index is -0.324. The van der Waals surface area contributed by atoms with Crippen LogP contribution < -0.4 is 5.56 Å². The molecule has 1 amide bonds. The average Bonchev–Trinajstić information content (AvgIpc) is 3.08. The van der Waals surface area contributed by atoms with Gasteiger partial charge in [-0.3, -0.25) is 14.7 Å². The van der Waals surface area contributed by atoms with Crippen molar-refractivity contribution in [3.8, 4) is 0 Å². The first-order chi connectivity index (χ1) is 9.65. The smallest absolute Gasteiger partial charge is 0.291 e. The first-order valence-electron chi connectivity index (χ1n) is 5.72. The Morgan fingerprint density at radius 2 is 2.35 bits per heavy atom. The third-order valence-electron chi connectivity index (χ3n) is 2.72. The quantitative estimate of drug-likeness (QED) is 0.724. The molecule has 0 aromatic carbocycles. The maximum atomic E-state index is 12.0. The van der Waals surface area contributed by atoms with E-state index >= 15 is 0 Å². The number of H-pyrrole nitrogens is 2. The number of fused-ring (bicyclic) bond motifs is 1. The van der Waals surface area contributed by atoms with Gasteiger partial charge in [0.25, 0.3) is 11.5 Å². The van der Waals surface area contributed by atoms with Crippen molar-refractivity contribution < 1.29 is 4.79 Å². The number of carbonyl (C=O) groups is 1. The largest absolute Gasteiger partial charge is 0.332 e. The SMILES string of the molecule is CN(Cc1nc2ccsc2c(=O)[nH]1)C(=O)c1ncn[nH]1. The highest BCUT2D eigenvalue weighted by molar-refractivity contribution is 7.17. The lowest BCUT2D eigenvalue weighted by molar-refractivity contribution is 0.0770. The Hall–Kier alpha value is -2.55. The number of carbonyl (C=O) groups excluding carboxylic acids is 1. The van der Waals surface area contributed by atoms with Gasteiger partial charge in [-0.05, 0) is 11.4 Å². The third kappa shape index (κ3) is 2.18. The summed E-state index contributed by atoms with van der Waals surface area (Å²) in [5, 5.41) is 7.93. The Kier molecular flexibility index (Phi) is 3.03. The predicted molar refractivity (Wildman–Crippen MR) is 72.4 cm³/mol. The molecule has 0 spiro atoms. The molecule has 3 aromatic heterocycles. The van der Waals surface area contributed by atoms with Gasteiger partial charge in [-0.25, -0.2) is 9.97 Å². The van der Waals surface area contributed by atoms with Crippen molar-refractivity contribution in [3.05, 3.63) is 39.8 Å². The van der Waals surface area contributed by atoms with Crippen LogP contribution in [-0.4, -0.2) is 43.0 Å². The highest BCUT2D eigenvalue weighted by Gasteiger charge is 2.16. The van der Waals surface area contributed by atoms with E-state index < -0.39 is 0 Å². The number of hydrogen-bond acceptors (Lipinski definition) is 6. The Morgan fingerprint density at radius 1 is 1.50 bits per heavy atom. The number of hydrogen-bond donors (Lipinski definition) is 2. The summed E-state index contributed by atoms with van der Waals surface area (Å²) >= 11 is 1.34. The Bertz CT molecular complexity index is 806. The van der Waals surface area contributed by atoms with Gasteiger partial charge in [-0.15, -0.1) is 11.3 Å². The fraction of sp³-hybridized carbons (Fsp3) is 0.182. The second-order valence-corrected chi connectivity index (χ2v) is 5.06. The summed E-state index contributed by atoms with van der Waals surface area (Å²) in [5.74, 6) is 0.248. The molecule has 8 nitrogen and oxygen atoms in total. The molecular formula is C11H10N6O2S. The number of thiophene rings is 1. The molecule has 0 radical (unpaired) electrons. The molecule has 0 fully saturated rings. The van der Waals surface area contributed by atoms with Crippen molar-refractivity contribution in [1.82, 2.24) is 30.0 Å². The molecule has 0 atom stereocenters. The Morgan fingerprint density at radius 3 is 3.10 bits per heavy atom. The van der Waals surface area contributed by atoms with Crippen LogP contribution >= 0.6 is 11.3 Å². The second kappa shape index (κ2) is 4.85. The summed E-state index contributed by atoms with van der Waals surface area (Å²) in [6.45, 7) is 0.181. The third-order valence-corrected chi connectivity index (χ3v) is 3.62. The van der Waals surface area contributed by atoms with E-state index in [1.54, 1.807) is 18.5 Å². The summed E-state index contributed by atoms with van der Waals surface area (Å²) in [6.07, 6.45) is 1.26. The minimum Gasteiger partial charge on any atom is -0.332 e. The first kappa shape index (κ1) is 12.5. The summed E-state index contributed by atoms with van der Waals surface area (Å²) in [7, 11) is 1.60. The summed E-state index contributed by atoms with van der Waals surface area (Å²) in [5.41, 5.74) is 0.440. The molecule has 0 aliphatic rings. The molecule has 20 heavy (non-hydrogen) atoms. The van der Waals surface area contributed by atoms with Gasteiger partial charge in [-0.2, -0.15) is 5.10 Å². The molecular weight excluding hydrogens is 280 g/mol. The number of amides is 1. The van der Waals surface area contributed by atoms with Gasteiger partial charge in [0.2, 0.25) is 5.82 Å². The van der Waals surface area contributed by atoms with Crippen LogP contribution in [0.3, 0.4) is 0 Å². The van der Waals surface area contributed by atoms with Crippen molar-refractivity contribution in [2.24, 2.45) is 0 Å². The molecule has 3 aromatic rings. The molecule has 0 aliphatic heterocycles. The lowest BCUT2D eigenvalue weighted by Gasteiger charge is -2.14. The highest BCUT2D eigenvalue weighted by atomic mass is 32.1. The van der Waals surface area contributed by atoms with Gasteiger partial charge < -0.3 is 9.88 Å². The van der Waals surface area contributed by atoms with Gasteiger partial charge in [0, 0.05) is 7.05 Å². The fourth-order valence-corrected chi connectivity index (χ4v) is 2.51. The Labute approximate surface area is 116 Å². The Balaban J connectivity index is 1.85. The van der Waals surface area contributed by atoms with Crippen LogP contribution in [0.25, 0.3) is 10.2 Å². The zero-order valence-electron chi connectivity index (χ0n) is 10.5. The summed E-state index contributed by atoms with van der Waals surface area (Å²) in [4.78, 5) is 36.0. The van der Waals surface area contributed by atoms with Crippen LogP contribution in [0.15, 0.2) is 22.6 Å². The second-order valence-electron chi connectivity index (χ2n) is 4.14. The van der Waals surface area contributed by atoms with Crippen LogP contribution in [0.4, 0.5) is 0 Å². The van der Waals surface area contributed by atoms with Crippen LogP contribution in [0.1, 0.15) is 16.4 Å². The van der Waals surface area contributed by atoms with E-state index in [-0.39, 0.29) is 23.8 Å². The predicted octanol–water partition coefficient (Wildman–Crippen LogP) is 0.375. The van der Waals surface area contributed by atoms with Gasteiger partial charge in [0.1, 0.15) is 16.9 Å². The molecule has 9 heteroatoms. The van der Waals surface area contributed by atoms with Crippen LogP contribution in [0.5, 0.6) is 0 Å². The van der Waals surface area contributed by atoms with E-state index in [0.717, 1.165) is 0 Å². The average molecular weight is 290 g/mol. The number of rotatable bonds is 3. The number of nitrogens with zero attached hydrogens (tertiary/aromatic N) is 4. The van der Waals surface area contributed by atoms with E-state index in [1.807, 2.05) is 0 Å². The number of nitrogens with one attached hydrogen (secondary N) is 2. The molecule has 3 rings (SSSR count). The van der Waals surface area contributed by atoms with Crippen LogP contribution in [0, 0.1) is 0 Å². The van der Waals surface area contributed by atoms with E-state index in [1.165, 1.54) is 22.6 Å². The molecule has 0 aliphatic carbocycles. The normalized spacial score (nSPS) is 10.8. The molecule has 0 saturated heterocycles. The minimum absolute atomic E-state index is 0.145. The zero-order chi connectivity index (χ0) is 14.1. The van der Waals surface area contributed by atoms with Crippen molar-refractivity contribution >= 4 is 27.5 Å². The topological polar surface area (TPSA) is 108 Å². The summed E-state index contributed by atoms with van der Waals surface area (Å²) < 4.78 is 0.581. The van der Waals surface area contributed by atoms with Gasteiger partial charge in [-0.1, -0.05) is 0 Å². The maximum Gasteiger partial charge on any atom is 0.291 e. The lowest BCUT2D eigenvalue weighted by Crippen LogP contribution is -2.29. The molecule has 3 heterocycles. The zero-order valence-corrected chi connectivity index (χ0v) is 11.3. The highest BCUT2D eigenvalue weighted by Crippen LogP contribution is 2.14. The first-order valence-corrected chi connectivity index (χ1v) is 6.60. The van der Waals surface area contributed by atoms with Crippen molar-refractivity contribution in [2.45, 2.75) is 6.54 Å². The molecule has 2 N–H and O–H groups in total. The van der Waals surface area contributed by atoms with Crippen molar-refractivity contribution in [2.75, 3.05) is 7.05 Å². The lowest BCUT2D eigenvalue weighted by atomic mass is 10.4. The van der Waals surface area contributed by atoms with E-state index in [4.69, 9.17) is 0 Å². The van der Waals surface area contributed by atoms with E-state index in [2.05, 4.69) is 25.1 Å². The molecule has 0 saturated carbocycles. The van der Waals surface area contributed by atoms with Gasteiger partial charge in [0.05, 0.1) is 12.1 Å². The monoisotopic (exact) mass is 290 g/mol. The van der Waals surface area contributed by atoms with Gasteiger partial charge in [0.15, 0.2) is 0 Å². The maximum absolute atomic E-state index is 12.0. The standard InChI is InChI=1S/C11H10N6O2S/c1-17(11(19)9-12-5-13-16-9)4-7-14-6-2-3-20-8(6)10(18)15-7/h2-3,5H,4H2,1H3,(H,12,13,16)(H,14,15,18). The van der Waals surface area contributed by atoms with Crippen LogP contribution in [0.2, 0.25) is 0 Å².